The lowest BCUT2D eigenvalue weighted by molar-refractivity contribution is -0.134. The van der Waals surface area contributed by atoms with Crippen molar-refractivity contribution in [2.45, 2.75) is 37.7 Å². The summed E-state index contributed by atoms with van der Waals surface area (Å²) in [4.78, 5) is 19.5. The minimum Gasteiger partial charge on any atom is -0.387 e. The van der Waals surface area contributed by atoms with E-state index in [0.717, 1.165) is 45.2 Å². The van der Waals surface area contributed by atoms with Gasteiger partial charge in [-0.05, 0) is 38.4 Å². The molecule has 2 aliphatic rings. The van der Waals surface area contributed by atoms with Crippen LogP contribution in [0.15, 0.2) is 35.3 Å². The maximum Gasteiger partial charge on any atom is 0.145 e. The maximum atomic E-state index is 14.1. The van der Waals surface area contributed by atoms with E-state index < -0.39 is 11.4 Å². The second kappa shape index (κ2) is 8.53. The van der Waals surface area contributed by atoms with Gasteiger partial charge >= 0.3 is 0 Å². The zero-order chi connectivity index (χ0) is 20.2. The number of piperidine rings is 1. The third kappa shape index (κ3) is 4.18. The quantitative estimate of drug-likeness (QED) is 0.353. The number of likely N-dealkylation sites (tertiary alicyclic amines) is 1. The Hall–Kier alpha value is -2.05. The second-order valence-electron chi connectivity index (χ2n) is 8.33. The van der Waals surface area contributed by atoms with Crippen LogP contribution in [0.25, 0.3) is 5.70 Å². The van der Waals surface area contributed by atoms with Crippen LogP contribution in [0, 0.1) is 11.2 Å². The number of rotatable bonds is 6. The highest BCUT2D eigenvalue weighted by atomic mass is 19.1. The number of aliphatic hydroxyl groups is 1. The van der Waals surface area contributed by atoms with Crippen LogP contribution < -0.4 is 0 Å². The summed E-state index contributed by atoms with van der Waals surface area (Å²) in [5.41, 5.74) is -0.297. The van der Waals surface area contributed by atoms with Crippen LogP contribution >= 0.6 is 0 Å². The van der Waals surface area contributed by atoms with Crippen molar-refractivity contribution >= 4 is 18.3 Å². The molecule has 6 heteroatoms. The van der Waals surface area contributed by atoms with Gasteiger partial charge in [-0.15, -0.1) is 0 Å². The zero-order valence-electron chi connectivity index (χ0n) is 16.8. The van der Waals surface area contributed by atoms with Crippen LogP contribution in [-0.2, 0) is 4.79 Å². The molecule has 1 saturated carbocycles. The van der Waals surface area contributed by atoms with Gasteiger partial charge in [0.05, 0.1) is 17.6 Å². The normalized spacial score (nSPS) is 25.5. The third-order valence-corrected chi connectivity index (χ3v) is 6.31. The summed E-state index contributed by atoms with van der Waals surface area (Å²) in [5.74, 6) is -0.422. The summed E-state index contributed by atoms with van der Waals surface area (Å²) >= 11 is 0. The number of hydrogen-bond donors (Lipinski definition) is 1. The number of aldehydes is 1. The molecule has 2 fully saturated rings. The van der Waals surface area contributed by atoms with Crippen LogP contribution in [0.1, 0.15) is 37.7 Å². The average Bonchev–Trinajstić information content (AvgIpc) is 3.13. The molecule has 1 saturated heterocycles. The monoisotopic (exact) mass is 387 g/mol. The van der Waals surface area contributed by atoms with Gasteiger partial charge in [0.1, 0.15) is 12.1 Å². The van der Waals surface area contributed by atoms with Crippen molar-refractivity contribution in [1.82, 2.24) is 9.80 Å². The van der Waals surface area contributed by atoms with Crippen molar-refractivity contribution < 1.29 is 14.3 Å². The second-order valence-corrected chi connectivity index (χ2v) is 8.33. The summed E-state index contributed by atoms with van der Waals surface area (Å²) in [6.07, 6.45) is 8.59. The summed E-state index contributed by atoms with van der Waals surface area (Å²) in [7, 11) is 3.98. The molecule has 5 nitrogen and oxygen atoms in total. The molecule has 1 aliphatic carbocycles. The van der Waals surface area contributed by atoms with Gasteiger partial charge in [-0.2, -0.15) is 0 Å². The minimum atomic E-state index is -0.774. The number of aliphatic imine (C=N–C) groups is 1. The van der Waals surface area contributed by atoms with E-state index in [1.807, 2.05) is 11.9 Å². The molecule has 1 N–H and O–H groups in total. The smallest absolute Gasteiger partial charge is 0.145 e. The predicted octanol–water partition coefficient (Wildman–Crippen LogP) is 2.95. The largest absolute Gasteiger partial charge is 0.387 e. The third-order valence-electron chi connectivity index (χ3n) is 6.31. The van der Waals surface area contributed by atoms with Gasteiger partial charge in [-0.1, -0.05) is 25.0 Å². The maximum absolute atomic E-state index is 14.1. The fourth-order valence-electron chi connectivity index (χ4n) is 4.86. The van der Waals surface area contributed by atoms with Gasteiger partial charge in [0.25, 0.3) is 0 Å². The van der Waals surface area contributed by atoms with Gasteiger partial charge in [-0.25, -0.2) is 9.38 Å². The molecule has 1 unspecified atom stereocenters. The van der Waals surface area contributed by atoms with E-state index in [1.54, 1.807) is 24.5 Å². The molecule has 1 atom stereocenters. The zero-order valence-corrected chi connectivity index (χ0v) is 16.8. The molecule has 3 rings (SSSR count). The highest BCUT2D eigenvalue weighted by Gasteiger charge is 2.54. The molecule has 1 aromatic rings. The van der Waals surface area contributed by atoms with Gasteiger partial charge in [0.2, 0.25) is 0 Å². The number of likely N-dealkylation sites (N-methyl/N-ethyl adjacent to an activating group) is 1. The molecule has 1 aliphatic heterocycles. The van der Waals surface area contributed by atoms with Crippen molar-refractivity contribution in [2.24, 2.45) is 10.4 Å². The molecule has 1 spiro atoms. The van der Waals surface area contributed by atoms with Crippen LogP contribution in [0.2, 0.25) is 0 Å². The Morgan fingerprint density at radius 2 is 2.04 bits per heavy atom. The first-order valence-corrected chi connectivity index (χ1v) is 9.95. The highest BCUT2D eigenvalue weighted by molar-refractivity contribution is 5.84. The fraction of sp³-hybridized carbons (Fsp3) is 0.545. The lowest BCUT2D eigenvalue weighted by atomic mass is 9.66. The van der Waals surface area contributed by atoms with Crippen LogP contribution in [-0.4, -0.2) is 66.9 Å². The molecule has 28 heavy (non-hydrogen) atoms. The Balaban J connectivity index is 1.76. The molecule has 152 valence electrons. The topological polar surface area (TPSA) is 56.1 Å². The Bertz CT molecular complexity index is 758. The molecule has 0 amide bonds. The van der Waals surface area contributed by atoms with E-state index in [1.165, 1.54) is 12.1 Å². The lowest BCUT2D eigenvalue weighted by Crippen LogP contribution is -2.62. The van der Waals surface area contributed by atoms with E-state index in [-0.39, 0.29) is 16.7 Å². The van der Waals surface area contributed by atoms with E-state index in [9.17, 15) is 14.3 Å². The van der Waals surface area contributed by atoms with Crippen LogP contribution in [0.4, 0.5) is 4.39 Å². The summed E-state index contributed by atoms with van der Waals surface area (Å²) < 4.78 is 14.1. The SMILES string of the molecule is CN(C=N/C(=C\C=O)c1ccccc1F)CC1(O)CCN(C)CC12CCCC2. The highest BCUT2D eigenvalue weighted by Crippen LogP contribution is 2.50. The average molecular weight is 387 g/mol. The first kappa shape index (κ1) is 20.7. The summed E-state index contributed by atoms with van der Waals surface area (Å²) in [6, 6.07) is 6.25. The van der Waals surface area contributed by atoms with Crippen molar-refractivity contribution in [2.75, 3.05) is 33.7 Å². The Morgan fingerprint density at radius 1 is 1.32 bits per heavy atom. The van der Waals surface area contributed by atoms with Crippen molar-refractivity contribution in [3.8, 4) is 0 Å². The molecule has 0 bridgehead atoms. The number of benzene rings is 1. The molecular weight excluding hydrogens is 357 g/mol. The fourth-order valence-corrected chi connectivity index (χ4v) is 4.86. The van der Waals surface area contributed by atoms with E-state index in [4.69, 9.17) is 0 Å². The molecule has 1 heterocycles. The number of hydrogen-bond acceptors (Lipinski definition) is 4. The standard InChI is InChI=1S/C22H30FN3O2/c1-25-13-12-22(28,21(15-25)10-5-6-11-21)16-26(2)17-24-20(9-14-27)18-7-3-4-8-19(18)23/h3-4,7-9,14,17,28H,5-6,10-13,15-16H2,1-2H3/b20-9-,24-17?. The Morgan fingerprint density at radius 3 is 2.71 bits per heavy atom. The molecular formula is C22H30FN3O2. The van der Waals surface area contributed by atoms with Crippen molar-refractivity contribution in [3.05, 3.63) is 41.7 Å². The predicted molar refractivity (Wildman–Crippen MR) is 110 cm³/mol. The molecule has 0 radical (unpaired) electrons. The first-order chi connectivity index (χ1) is 13.4. The van der Waals surface area contributed by atoms with Crippen molar-refractivity contribution in [3.63, 3.8) is 0 Å². The van der Waals surface area contributed by atoms with Crippen LogP contribution in [0.5, 0.6) is 0 Å². The number of carbonyl (C=O) groups excluding carboxylic acids is 1. The number of halogens is 1. The van der Waals surface area contributed by atoms with E-state index in [2.05, 4.69) is 16.9 Å². The van der Waals surface area contributed by atoms with E-state index >= 15 is 0 Å². The summed E-state index contributed by atoms with van der Waals surface area (Å²) in [5, 5.41) is 11.6. The van der Waals surface area contributed by atoms with Gasteiger partial charge in [0.15, 0.2) is 0 Å². The number of carbonyl (C=O) groups is 1. The lowest BCUT2D eigenvalue weighted by Gasteiger charge is -2.52. The molecule has 0 aromatic heterocycles. The van der Waals surface area contributed by atoms with Crippen molar-refractivity contribution in [1.29, 1.82) is 0 Å². The van der Waals surface area contributed by atoms with Gasteiger partial charge < -0.3 is 14.9 Å². The number of allylic oxidation sites excluding steroid dienone is 1. The molecule has 1 aromatic carbocycles. The Labute approximate surface area is 166 Å². The Kier molecular flexibility index (Phi) is 6.30. The summed E-state index contributed by atoms with van der Waals surface area (Å²) in [6.45, 7) is 2.25. The van der Waals surface area contributed by atoms with Gasteiger partial charge in [0, 0.05) is 43.7 Å². The minimum absolute atomic E-state index is 0.0743. The van der Waals surface area contributed by atoms with Gasteiger partial charge in [-0.3, -0.25) is 4.79 Å². The van der Waals surface area contributed by atoms with Crippen LogP contribution in [0.3, 0.4) is 0 Å². The van der Waals surface area contributed by atoms with E-state index in [0.29, 0.717) is 12.8 Å². The first-order valence-electron chi connectivity index (χ1n) is 9.95. The number of nitrogens with zero attached hydrogens (tertiary/aromatic N) is 3.